The van der Waals surface area contributed by atoms with Crippen molar-refractivity contribution < 1.29 is 0 Å². The number of pyridine rings is 1. The Morgan fingerprint density at radius 3 is 3.19 bits per heavy atom. The van der Waals surface area contributed by atoms with Crippen molar-refractivity contribution in [3.63, 3.8) is 0 Å². The molecule has 0 spiro atoms. The molecule has 0 radical (unpaired) electrons. The largest absolute Gasteiger partial charge is 0.370 e. The van der Waals surface area contributed by atoms with Gasteiger partial charge in [0.1, 0.15) is 0 Å². The standard InChI is InChI=1S/C13H17N3/c1-3-11-9-14-6-4-8-16(2)13-5-7-15-10-12(11)13/h4-7,9-11H,3,8H2,1-2H3/b6-4-,14-9?. The molecule has 3 heteroatoms. The van der Waals surface area contributed by atoms with Crippen LogP contribution in [0, 0.1) is 0 Å². The molecule has 0 N–H and O–H groups in total. The lowest BCUT2D eigenvalue weighted by molar-refractivity contribution is 0.844. The lowest BCUT2D eigenvalue weighted by Gasteiger charge is -2.22. The smallest absolute Gasteiger partial charge is 0.0436 e. The zero-order valence-corrected chi connectivity index (χ0v) is 9.80. The highest BCUT2D eigenvalue weighted by Gasteiger charge is 2.14. The summed E-state index contributed by atoms with van der Waals surface area (Å²) >= 11 is 0. The first-order valence-electron chi connectivity index (χ1n) is 5.66. The van der Waals surface area contributed by atoms with Gasteiger partial charge in [-0.05, 0) is 18.6 Å². The number of anilines is 1. The van der Waals surface area contributed by atoms with Gasteiger partial charge in [-0.2, -0.15) is 0 Å². The summed E-state index contributed by atoms with van der Waals surface area (Å²) in [5.74, 6) is 0.355. The molecule has 0 amide bonds. The minimum Gasteiger partial charge on any atom is -0.370 e. The predicted molar refractivity (Wildman–Crippen MR) is 68.2 cm³/mol. The maximum Gasteiger partial charge on any atom is 0.0436 e. The second kappa shape index (κ2) is 4.92. The van der Waals surface area contributed by atoms with Gasteiger partial charge in [0.2, 0.25) is 0 Å². The minimum atomic E-state index is 0.355. The van der Waals surface area contributed by atoms with Gasteiger partial charge in [0.05, 0.1) is 0 Å². The average Bonchev–Trinajstić information content (AvgIpc) is 2.40. The van der Waals surface area contributed by atoms with Crippen molar-refractivity contribution in [3.8, 4) is 0 Å². The zero-order chi connectivity index (χ0) is 11.4. The predicted octanol–water partition coefficient (Wildman–Crippen LogP) is 2.61. The summed E-state index contributed by atoms with van der Waals surface area (Å²) in [5, 5.41) is 0. The van der Waals surface area contributed by atoms with Crippen LogP contribution in [0.3, 0.4) is 0 Å². The Balaban J connectivity index is 2.47. The number of hydrogen-bond acceptors (Lipinski definition) is 3. The Morgan fingerprint density at radius 1 is 1.50 bits per heavy atom. The number of likely N-dealkylation sites (N-methyl/N-ethyl adjacent to an activating group) is 1. The molecule has 1 aromatic heterocycles. The highest BCUT2D eigenvalue weighted by atomic mass is 15.1. The number of nitrogens with zero attached hydrogens (tertiary/aromatic N) is 3. The molecular weight excluding hydrogens is 198 g/mol. The molecule has 1 aromatic rings. The van der Waals surface area contributed by atoms with Crippen molar-refractivity contribution in [1.29, 1.82) is 0 Å². The van der Waals surface area contributed by atoms with E-state index >= 15 is 0 Å². The lowest BCUT2D eigenvalue weighted by Crippen LogP contribution is -2.19. The fourth-order valence-electron chi connectivity index (χ4n) is 1.96. The zero-order valence-electron chi connectivity index (χ0n) is 9.80. The summed E-state index contributed by atoms with van der Waals surface area (Å²) in [4.78, 5) is 10.8. The Bertz CT molecular complexity index is 409. The van der Waals surface area contributed by atoms with E-state index in [1.54, 1.807) is 0 Å². The molecule has 0 saturated heterocycles. The second-order valence-electron chi connectivity index (χ2n) is 4.01. The van der Waals surface area contributed by atoms with Crippen LogP contribution in [0.2, 0.25) is 0 Å². The lowest BCUT2D eigenvalue weighted by atomic mass is 9.97. The maximum absolute atomic E-state index is 4.32. The van der Waals surface area contributed by atoms with Crippen molar-refractivity contribution in [3.05, 3.63) is 36.3 Å². The number of rotatable bonds is 1. The average molecular weight is 215 g/mol. The van der Waals surface area contributed by atoms with E-state index < -0.39 is 0 Å². The van der Waals surface area contributed by atoms with E-state index in [1.807, 2.05) is 24.8 Å². The Morgan fingerprint density at radius 2 is 2.38 bits per heavy atom. The summed E-state index contributed by atoms with van der Waals surface area (Å²) in [7, 11) is 2.10. The highest BCUT2D eigenvalue weighted by Crippen LogP contribution is 2.27. The Labute approximate surface area is 96.5 Å². The molecule has 1 atom stereocenters. The third-order valence-electron chi connectivity index (χ3n) is 2.92. The summed E-state index contributed by atoms with van der Waals surface area (Å²) < 4.78 is 0. The van der Waals surface area contributed by atoms with Gasteiger partial charge in [0.25, 0.3) is 0 Å². The molecule has 0 saturated carbocycles. The van der Waals surface area contributed by atoms with Crippen LogP contribution in [0.4, 0.5) is 5.69 Å². The summed E-state index contributed by atoms with van der Waals surface area (Å²) in [6, 6.07) is 2.07. The van der Waals surface area contributed by atoms with Crippen molar-refractivity contribution in [2.75, 3.05) is 18.5 Å². The molecule has 84 valence electrons. The molecule has 0 aliphatic carbocycles. The van der Waals surface area contributed by atoms with Crippen LogP contribution in [0.25, 0.3) is 0 Å². The van der Waals surface area contributed by atoms with E-state index in [2.05, 4.69) is 41.0 Å². The van der Waals surface area contributed by atoms with Gasteiger partial charge in [-0.15, -0.1) is 0 Å². The van der Waals surface area contributed by atoms with Gasteiger partial charge in [-0.1, -0.05) is 6.92 Å². The number of aromatic nitrogens is 1. The van der Waals surface area contributed by atoms with E-state index in [4.69, 9.17) is 0 Å². The van der Waals surface area contributed by atoms with Crippen LogP contribution in [0.1, 0.15) is 24.8 Å². The van der Waals surface area contributed by atoms with Gasteiger partial charge in [0, 0.05) is 55.6 Å². The summed E-state index contributed by atoms with van der Waals surface area (Å²) in [6.45, 7) is 3.06. The molecule has 1 unspecified atom stereocenters. The van der Waals surface area contributed by atoms with Crippen molar-refractivity contribution in [2.24, 2.45) is 4.99 Å². The van der Waals surface area contributed by atoms with Crippen LogP contribution in [-0.4, -0.2) is 24.8 Å². The first kappa shape index (κ1) is 10.9. The SMILES string of the molecule is CCC1C=N/C=C\CN(C)c2ccncc21. The first-order valence-corrected chi connectivity index (χ1v) is 5.66. The fourth-order valence-corrected chi connectivity index (χ4v) is 1.96. The topological polar surface area (TPSA) is 28.5 Å². The molecule has 1 aliphatic rings. The monoisotopic (exact) mass is 215 g/mol. The second-order valence-corrected chi connectivity index (χ2v) is 4.01. The quantitative estimate of drug-likeness (QED) is 0.720. The first-order chi connectivity index (χ1) is 7.83. The number of aliphatic imine (C=N–C) groups is 1. The van der Waals surface area contributed by atoms with Gasteiger partial charge in [0.15, 0.2) is 0 Å². The van der Waals surface area contributed by atoms with E-state index in [0.717, 1.165) is 13.0 Å². The number of hydrogen-bond donors (Lipinski definition) is 0. The van der Waals surface area contributed by atoms with E-state index in [1.165, 1.54) is 11.3 Å². The van der Waals surface area contributed by atoms with Crippen LogP contribution in [0.5, 0.6) is 0 Å². The van der Waals surface area contributed by atoms with Crippen molar-refractivity contribution in [1.82, 2.24) is 4.98 Å². The van der Waals surface area contributed by atoms with Gasteiger partial charge in [-0.3, -0.25) is 9.98 Å². The summed E-state index contributed by atoms with van der Waals surface area (Å²) in [6.07, 6.45) is 10.8. The van der Waals surface area contributed by atoms with Crippen LogP contribution in [0.15, 0.2) is 35.7 Å². The number of fused-ring (bicyclic) bond motifs is 1. The molecule has 0 fully saturated rings. The summed E-state index contributed by atoms with van der Waals surface area (Å²) in [5.41, 5.74) is 2.51. The van der Waals surface area contributed by atoms with Crippen LogP contribution >= 0.6 is 0 Å². The fraction of sp³-hybridized carbons (Fsp3) is 0.385. The highest BCUT2D eigenvalue weighted by molar-refractivity contribution is 5.73. The van der Waals surface area contributed by atoms with E-state index in [0.29, 0.717) is 5.92 Å². The molecule has 0 bridgehead atoms. The normalized spacial score (nSPS) is 21.9. The molecule has 3 nitrogen and oxygen atoms in total. The Kier molecular flexibility index (Phi) is 3.34. The van der Waals surface area contributed by atoms with E-state index in [9.17, 15) is 0 Å². The Hall–Kier alpha value is -1.64. The van der Waals surface area contributed by atoms with Gasteiger partial charge < -0.3 is 4.90 Å². The van der Waals surface area contributed by atoms with E-state index in [-0.39, 0.29) is 0 Å². The van der Waals surface area contributed by atoms with Crippen LogP contribution in [-0.2, 0) is 0 Å². The van der Waals surface area contributed by atoms with Crippen molar-refractivity contribution >= 4 is 11.9 Å². The molecule has 16 heavy (non-hydrogen) atoms. The minimum absolute atomic E-state index is 0.355. The van der Waals surface area contributed by atoms with Crippen molar-refractivity contribution in [2.45, 2.75) is 19.3 Å². The molecule has 1 aliphatic heterocycles. The van der Waals surface area contributed by atoms with Gasteiger partial charge >= 0.3 is 0 Å². The third kappa shape index (κ3) is 2.13. The van der Waals surface area contributed by atoms with Gasteiger partial charge in [-0.25, -0.2) is 0 Å². The molecule has 0 aromatic carbocycles. The molecule has 2 rings (SSSR count). The maximum atomic E-state index is 4.32. The molecule has 2 heterocycles. The van der Waals surface area contributed by atoms with Crippen LogP contribution < -0.4 is 4.90 Å². The molecular formula is C13H17N3. The third-order valence-corrected chi connectivity index (χ3v) is 2.92.